The Kier molecular flexibility index (Phi) is 5.73. The molecule has 6 heteroatoms. The molecular weight excluding hydrogens is 360 g/mol. The van der Waals surface area contributed by atoms with Crippen molar-refractivity contribution in [1.29, 1.82) is 0 Å². The maximum Gasteiger partial charge on any atom is 0.332 e. The number of carboxylic acids is 2. The van der Waals surface area contributed by atoms with Gasteiger partial charge in [0.2, 0.25) is 0 Å². The Morgan fingerprint density at radius 3 is 1.89 bits per heavy atom. The molecule has 0 amide bonds. The lowest BCUT2D eigenvalue weighted by molar-refractivity contribution is -0.147. The van der Waals surface area contributed by atoms with Gasteiger partial charge in [-0.25, -0.2) is 9.59 Å². The molecule has 4 N–H and O–H groups in total. The van der Waals surface area contributed by atoms with E-state index in [4.69, 9.17) is 10.2 Å². The van der Waals surface area contributed by atoms with Gasteiger partial charge >= 0.3 is 11.9 Å². The lowest BCUT2D eigenvalue weighted by atomic mass is 9.87. The SMILES string of the molecule is O=C(O)C(O)Cc1cc(-c2ccccc2)c(CC(O)C(=O)O)c2ccccc12. The molecule has 0 saturated heterocycles. The van der Waals surface area contributed by atoms with Crippen molar-refractivity contribution in [3.8, 4) is 11.1 Å². The lowest BCUT2D eigenvalue weighted by Gasteiger charge is -2.19. The van der Waals surface area contributed by atoms with Gasteiger partial charge < -0.3 is 20.4 Å². The van der Waals surface area contributed by atoms with Crippen molar-refractivity contribution in [2.45, 2.75) is 25.0 Å². The average molecular weight is 380 g/mol. The van der Waals surface area contributed by atoms with Crippen LogP contribution in [0.4, 0.5) is 0 Å². The largest absolute Gasteiger partial charge is 0.479 e. The zero-order chi connectivity index (χ0) is 20.3. The van der Waals surface area contributed by atoms with E-state index in [1.165, 1.54) is 0 Å². The fraction of sp³-hybridized carbons (Fsp3) is 0.182. The molecule has 3 aromatic carbocycles. The Morgan fingerprint density at radius 1 is 0.750 bits per heavy atom. The Morgan fingerprint density at radius 2 is 1.29 bits per heavy atom. The highest BCUT2D eigenvalue weighted by Crippen LogP contribution is 2.34. The van der Waals surface area contributed by atoms with Crippen LogP contribution in [0.2, 0.25) is 0 Å². The van der Waals surface area contributed by atoms with Gasteiger partial charge in [0.05, 0.1) is 0 Å². The van der Waals surface area contributed by atoms with Crippen molar-refractivity contribution in [2.75, 3.05) is 0 Å². The standard InChI is InChI=1S/C22H20O6/c23-19(21(25)26)11-14-10-17(13-6-2-1-3-7-13)18(12-20(24)22(27)28)16-9-5-4-8-15(14)16/h1-10,19-20,23-24H,11-12H2,(H,25,26)(H,27,28). The molecule has 0 aliphatic carbocycles. The van der Waals surface area contributed by atoms with E-state index in [1.54, 1.807) is 24.3 Å². The number of hydrogen-bond acceptors (Lipinski definition) is 4. The first kappa shape index (κ1) is 19.5. The molecule has 3 aromatic rings. The number of aliphatic hydroxyl groups is 2. The molecule has 0 spiro atoms. The number of aliphatic carboxylic acids is 2. The van der Waals surface area contributed by atoms with Crippen molar-refractivity contribution >= 4 is 22.7 Å². The minimum Gasteiger partial charge on any atom is -0.479 e. The van der Waals surface area contributed by atoms with Crippen LogP contribution >= 0.6 is 0 Å². The fourth-order valence-corrected chi connectivity index (χ4v) is 3.35. The highest BCUT2D eigenvalue weighted by molar-refractivity contribution is 5.95. The summed E-state index contributed by atoms with van der Waals surface area (Å²) in [6.07, 6.45) is -3.30. The highest BCUT2D eigenvalue weighted by atomic mass is 16.4. The monoisotopic (exact) mass is 380 g/mol. The van der Waals surface area contributed by atoms with E-state index >= 15 is 0 Å². The van der Waals surface area contributed by atoms with Crippen LogP contribution in [0, 0.1) is 0 Å². The third-order valence-electron chi connectivity index (χ3n) is 4.71. The van der Waals surface area contributed by atoms with E-state index in [0.717, 1.165) is 16.3 Å². The normalized spacial score (nSPS) is 13.2. The van der Waals surface area contributed by atoms with Gasteiger partial charge in [0.15, 0.2) is 12.2 Å². The van der Waals surface area contributed by atoms with Crippen LogP contribution in [0.3, 0.4) is 0 Å². The van der Waals surface area contributed by atoms with Crippen molar-refractivity contribution in [3.63, 3.8) is 0 Å². The Balaban J connectivity index is 2.26. The number of carbonyl (C=O) groups is 2. The summed E-state index contributed by atoms with van der Waals surface area (Å²) in [6, 6.07) is 18.2. The molecule has 0 aliphatic heterocycles. The van der Waals surface area contributed by atoms with Crippen LogP contribution < -0.4 is 0 Å². The molecule has 0 fully saturated rings. The van der Waals surface area contributed by atoms with Gasteiger partial charge in [-0.1, -0.05) is 60.7 Å². The van der Waals surface area contributed by atoms with Crippen molar-refractivity contribution in [3.05, 3.63) is 71.8 Å². The second-order valence-corrected chi connectivity index (χ2v) is 6.59. The molecule has 0 bridgehead atoms. The number of fused-ring (bicyclic) bond motifs is 1. The molecular formula is C22H20O6. The third kappa shape index (κ3) is 4.03. The van der Waals surface area contributed by atoms with E-state index in [0.29, 0.717) is 16.7 Å². The Hall–Kier alpha value is -3.22. The quantitative estimate of drug-likeness (QED) is 0.501. The van der Waals surface area contributed by atoms with E-state index in [-0.39, 0.29) is 12.8 Å². The molecule has 144 valence electrons. The predicted octanol–water partition coefficient (Wildman–Crippen LogP) is 2.48. The second-order valence-electron chi connectivity index (χ2n) is 6.59. The molecule has 0 aliphatic rings. The summed E-state index contributed by atoms with van der Waals surface area (Å²) in [6.45, 7) is 0. The fourth-order valence-electron chi connectivity index (χ4n) is 3.35. The number of carboxylic acid groups (broad SMARTS) is 2. The highest BCUT2D eigenvalue weighted by Gasteiger charge is 2.22. The summed E-state index contributed by atoms with van der Waals surface area (Å²) < 4.78 is 0. The van der Waals surface area contributed by atoms with E-state index in [9.17, 15) is 19.8 Å². The summed E-state index contributed by atoms with van der Waals surface area (Å²) in [5.41, 5.74) is 2.81. The van der Waals surface area contributed by atoms with Gasteiger partial charge in [0.25, 0.3) is 0 Å². The smallest absolute Gasteiger partial charge is 0.332 e. The molecule has 0 saturated carbocycles. The predicted molar refractivity (Wildman–Crippen MR) is 104 cm³/mol. The van der Waals surface area contributed by atoms with E-state index < -0.39 is 24.1 Å². The number of aliphatic hydroxyl groups excluding tert-OH is 2. The lowest BCUT2D eigenvalue weighted by Crippen LogP contribution is -2.23. The molecule has 2 atom stereocenters. The molecule has 0 heterocycles. The zero-order valence-electron chi connectivity index (χ0n) is 14.9. The van der Waals surface area contributed by atoms with Crippen molar-refractivity contribution in [1.82, 2.24) is 0 Å². The average Bonchev–Trinajstić information content (AvgIpc) is 2.69. The third-order valence-corrected chi connectivity index (χ3v) is 4.71. The van der Waals surface area contributed by atoms with Gasteiger partial charge in [-0.05, 0) is 33.0 Å². The molecule has 0 radical (unpaired) electrons. The topological polar surface area (TPSA) is 115 Å². The van der Waals surface area contributed by atoms with Crippen LogP contribution in [0.25, 0.3) is 21.9 Å². The van der Waals surface area contributed by atoms with Crippen LogP contribution in [0.5, 0.6) is 0 Å². The maximum absolute atomic E-state index is 11.2. The molecule has 0 aromatic heterocycles. The van der Waals surface area contributed by atoms with Gasteiger partial charge in [-0.3, -0.25) is 0 Å². The number of benzene rings is 3. The minimum atomic E-state index is -1.57. The Labute approximate surface area is 161 Å². The number of rotatable bonds is 7. The number of hydrogen-bond donors (Lipinski definition) is 4. The molecule has 28 heavy (non-hydrogen) atoms. The van der Waals surface area contributed by atoms with Crippen LogP contribution in [-0.2, 0) is 22.4 Å². The summed E-state index contributed by atoms with van der Waals surface area (Å²) in [7, 11) is 0. The van der Waals surface area contributed by atoms with Gasteiger partial charge in [-0.15, -0.1) is 0 Å². The van der Waals surface area contributed by atoms with Crippen LogP contribution in [-0.4, -0.2) is 44.6 Å². The van der Waals surface area contributed by atoms with Crippen LogP contribution in [0.15, 0.2) is 60.7 Å². The summed E-state index contributed by atoms with van der Waals surface area (Å²) in [4.78, 5) is 22.4. The summed E-state index contributed by atoms with van der Waals surface area (Å²) in [5.74, 6) is -2.62. The van der Waals surface area contributed by atoms with Gasteiger partial charge in [0, 0.05) is 12.8 Å². The van der Waals surface area contributed by atoms with Crippen LogP contribution in [0.1, 0.15) is 11.1 Å². The summed E-state index contributed by atoms with van der Waals surface area (Å²) in [5, 5.41) is 39.5. The first-order valence-electron chi connectivity index (χ1n) is 8.79. The van der Waals surface area contributed by atoms with Gasteiger partial charge in [0.1, 0.15) is 0 Å². The summed E-state index contributed by atoms with van der Waals surface area (Å²) >= 11 is 0. The van der Waals surface area contributed by atoms with Gasteiger partial charge in [-0.2, -0.15) is 0 Å². The Bertz CT molecular complexity index is 1010. The van der Waals surface area contributed by atoms with E-state index in [1.807, 2.05) is 36.4 Å². The van der Waals surface area contributed by atoms with Crippen molar-refractivity contribution in [2.24, 2.45) is 0 Å². The maximum atomic E-state index is 11.2. The molecule has 2 unspecified atom stereocenters. The zero-order valence-corrected chi connectivity index (χ0v) is 14.9. The van der Waals surface area contributed by atoms with Crippen molar-refractivity contribution < 1.29 is 30.0 Å². The first-order chi connectivity index (χ1) is 13.4. The molecule has 3 rings (SSSR count). The first-order valence-corrected chi connectivity index (χ1v) is 8.79. The minimum absolute atomic E-state index is 0.0859. The second kappa shape index (κ2) is 8.21. The van der Waals surface area contributed by atoms with E-state index in [2.05, 4.69) is 0 Å². The molecule has 6 nitrogen and oxygen atoms in total.